The molecule has 1 aromatic carbocycles. The summed E-state index contributed by atoms with van der Waals surface area (Å²) in [5, 5.41) is 16.2. The minimum Gasteiger partial charge on any atom is -0.492 e. The van der Waals surface area contributed by atoms with E-state index in [9.17, 15) is 10.1 Å². The van der Waals surface area contributed by atoms with E-state index in [1.165, 1.54) is 17.0 Å². The molecule has 0 bridgehead atoms. The maximum atomic E-state index is 10.7. The van der Waals surface area contributed by atoms with Gasteiger partial charge in [-0.1, -0.05) is 17.7 Å². The standard InChI is InChI=1S/C13H13ClN2O3S/c14-10-6-11(16(17)18)8-12(7-10)19-4-3-15-9-13-2-1-5-20-13/h1-2,5-8,15H,3-4,9H2. The number of thiophene rings is 1. The Hall–Kier alpha value is -1.63. The number of nitro groups is 1. The molecule has 0 radical (unpaired) electrons. The van der Waals surface area contributed by atoms with Crippen molar-refractivity contribution in [2.75, 3.05) is 13.2 Å². The van der Waals surface area contributed by atoms with Gasteiger partial charge in [-0.05, 0) is 17.5 Å². The van der Waals surface area contributed by atoms with E-state index >= 15 is 0 Å². The van der Waals surface area contributed by atoms with E-state index in [4.69, 9.17) is 16.3 Å². The lowest BCUT2D eigenvalue weighted by molar-refractivity contribution is -0.384. The SMILES string of the molecule is O=[N+]([O-])c1cc(Cl)cc(OCCNCc2cccs2)c1. The zero-order valence-electron chi connectivity index (χ0n) is 10.5. The molecule has 0 saturated carbocycles. The normalized spacial score (nSPS) is 10.4. The summed E-state index contributed by atoms with van der Waals surface area (Å²) in [6, 6.07) is 8.28. The van der Waals surface area contributed by atoms with E-state index in [0.717, 1.165) is 6.54 Å². The number of ether oxygens (including phenoxy) is 1. The predicted molar refractivity (Wildman–Crippen MR) is 79.6 cm³/mol. The quantitative estimate of drug-likeness (QED) is 0.483. The van der Waals surface area contributed by atoms with Gasteiger partial charge < -0.3 is 10.1 Å². The molecule has 0 unspecified atom stereocenters. The summed E-state index contributed by atoms with van der Waals surface area (Å²) in [5.41, 5.74) is -0.0703. The Labute approximate surface area is 125 Å². The fourth-order valence-electron chi connectivity index (χ4n) is 1.60. The van der Waals surface area contributed by atoms with Crippen LogP contribution in [0.4, 0.5) is 5.69 Å². The highest BCUT2D eigenvalue weighted by Gasteiger charge is 2.09. The minimum absolute atomic E-state index is 0.0703. The number of hydrogen-bond donors (Lipinski definition) is 1. The molecule has 0 aliphatic heterocycles. The van der Waals surface area contributed by atoms with Crippen LogP contribution in [0.15, 0.2) is 35.7 Å². The largest absolute Gasteiger partial charge is 0.492 e. The van der Waals surface area contributed by atoms with Crippen molar-refractivity contribution in [2.45, 2.75) is 6.54 Å². The van der Waals surface area contributed by atoms with Gasteiger partial charge in [0.25, 0.3) is 5.69 Å². The Balaban J connectivity index is 1.77. The van der Waals surface area contributed by atoms with Gasteiger partial charge in [-0.25, -0.2) is 0 Å². The molecular weight excluding hydrogens is 300 g/mol. The number of nitrogens with zero attached hydrogens (tertiary/aromatic N) is 1. The van der Waals surface area contributed by atoms with E-state index < -0.39 is 4.92 Å². The predicted octanol–water partition coefficient (Wildman–Crippen LogP) is 3.48. The Morgan fingerprint density at radius 1 is 1.40 bits per heavy atom. The van der Waals surface area contributed by atoms with Crippen molar-refractivity contribution < 1.29 is 9.66 Å². The fraction of sp³-hybridized carbons (Fsp3) is 0.231. The van der Waals surface area contributed by atoms with Gasteiger partial charge in [-0.3, -0.25) is 10.1 Å². The smallest absolute Gasteiger partial charge is 0.274 e. The Morgan fingerprint density at radius 2 is 2.25 bits per heavy atom. The van der Waals surface area contributed by atoms with Crippen LogP contribution in [-0.2, 0) is 6.54 Å². The minimum atomic E-state index is -0.492. The van der Waals surface area contributed by atoms with Crippen LogP contribution < -0.4 is 10.1 Å². The lowest BCUT2D eigenvalue weighted by atomic mass is 10.3. The molecule has 0 amide bonds. The highest BCUT2D eigenvalue weighted by atomic mass is 35.5. The number of halogens is 1. The second-order valence-corrected chi connectivity index (χ2v) is 5.48. The van der Waals surface area contributed by atoms with E-state index in [1.807, 2.05) is 11.4 Å². The Kier molecular flexibility index (Phi) is 5.34. The summed E-state index contributed by atoms with van der Waals surface area (Å²) < 4.78 is 5.45. The molecule has 0 aliphatic rings. The van der Waals surface area contributed by atoms with Crippen LogP contribution in [0.5, 0.6) is 5.75 Å². The Bertz CT molecular complexity index is 575. The second-order valence-electron chi connectivity index (χ2n) is 4.01. The van der Waals surface area contributed by atoms with Crippen LogP contribution >= 0.6 is 22.9 Å². The summed E-state index contributed by atoms with van der Waals surface area (Å²) in [5.74, 6) is 0.405. The van der Waals surface area contributed by atoms with Gasteiger partial charge in [0.2, 0.25) is 0 Å². The molecule has 106 valence electrons. The summed E-state index contributed by atoms with van der Waals surface area (Å²) >= 11 is 7.49. The van der Waals surface area contributed by atoms with E-state index in [2.05, 4.69) is 11.4 Å². The average Bonchev–Trinajstić information content (AvgIpc) is 2.91. The van der Waals surface area contributed by atoms with Gasteiger partial charge in [-0.2, -0.15) is 0 Å². The first-order chi connectivity index (χ1) is 9.65. The van der Waals surface area contributed by atoms with Crippen LogP contribution in [0, 0.1) is 10.1 Å². The van der Waals surface area contributed by atoms with Crippen molar-refractivity contribution >= 4 is 28.6 Å². The zero-order chi connectivity index (χ0) is 14.4. The lowest BCUT2D eigenvalue weighted by Gasteiger charge is -2.07. The first kappa shape index (κ1) is 14.8. The molecule has 2 rings (SSSR count). The molecular formula is C13H13ClN2O3S. The van der Waals surface area contributed by atoms with Crippen LogP contribution in [-0.4, -0.2) is 18.1 Å². The Morgan fingerprint density at radius 3 is 2.95 bits per heavy atom. The highest BCUT2D eigenvalue weighted by Crippen LogP contribution is 2.25. The van der Waals surface area contributed by atoms with Gasteiger partial charge in [0.1, 0.15) is 12.4 Å². The number of rotatable bonds is 7. The summed E-state index contributed by atoms with van der Waals surface area (Å²) in [6.07, 6.45) is 0. The van der Waals surface area contributed by atoms with Crippen LogP contribution in [0.3, 0.4) is 0 Å². The molecule has 0 spiro atoms. The van der Waals surface area contributed by atoms with E-state index in [0.29, 0.717) is 23.9 Å². The van der Waals surface area contributed by atoms with Gasteiger partial charge in [0.15, 0.2) is 0 Å². The second kappa shape index (κ2) is 7.23. The van der Waals surface area contributed by atoms with Crippen molar-refractivity contribution in [3.63, 3.8) is 0 Å². The number of non-ortho nitro benzene ring substituents is 1. The van der Waals surface area contributed by atoms with Crippen molar-refractivity contribution in [1.29, 1.82) is 0 Å². The van der Waals surface area contributed by atoms with E-state index in [1.54, 1.807) is 17.4 Å². The molecule has 0 saturated heterocycles. The molecule has 5 nitrogen and oxygen atoms in total. The molecule has 0 atom stereocenters. The molecule has 1 heterocycles. The number of benzene rings is 1. The van der Waals surface area contributed by atoms with Gasteiger partial charge in [-0.15, -0.1) is 11.3 Å². The number of hydrogen-bond acceptors (Lipinski definition) is 5. The van der Waals surface area contributed by atoms with E-state index in [-0.39, 0.29) is 5.69 Å². The fourth-order valence-corrected chi connectivity index (χ4v) is 2.50. The third-order valence-electron chi connectivity index (χ3n) is 2.49. The van der Waals surface area contributed by atoms with Gasteiger partial charge in [0, 0.05) is 24.0 Å². The molecule has 2 aromatic rings. The third kappa shape index (κ3) is 4.48. The lowest BCUT2D eigenvalue weighted by Crippen LogP contribution is -2.20. The third-order valence-corrected chi connectivity index (χ3v) is 3.59. The zero-order valence-corrected chi connectivity index (χ0v) is 12.1. The first-order valence-corrected chi connectivity index (χ1v) is 7.22. The maximum Gasteiger partial charge on any atom is 0.274 e. The van der Waals surface area contributed by atoms with Crippen LogP contribution in [0.25, 0.3) is 0 Å². The molecule has 0 aliphatic carbocycles. The topological polar surface area (TPSA) is 64.4 Å². The van der Waals surface area contributed by atoms with Crippen molar-refractivity contribution in [3.8, 4) is 5.75 Å². The van der Waals surface area contributed by atoms with Gasteiger partial charge in [0.05, 0.1) is 16.0 Å². The van der Waals surface area contributed by atoms with Crippen molar-refractivity contribution in [3.05, 3.63) is 55.7 Å². The number of nitro benzene ring substituents is 1. The molecule has 20 heavy (non-hydrogen) atoms. The van der Waals surface area contributed by atoms with Crippen LogP contribution in [0.1, 0.15) is 4.88 Å². The summed E-state index contributed by atoms with van der Waals surface area (Å²) in [4.78, 5) is 11.5. The number of nitrogens with one attached hydrogen (secondary N) is 1. The summed E-state index contributed by atoms with van der Waals surface area (Å²) in [7, 11) is 0. The average molecular weight is 313 g/mol. The van der Waals surface area contributed by atoms with Gasteiger partial charge >= 0.3 is 0 Å². The maximum absolute atomic E-state index is 10.7. The highest BCUT2D eigenvalue weighted by molar-refractivity contribution is 7.09. The van der Waals surface area contributed by atoms with Crippen molar-refractivity contribution in [1.82, 2.24) is 5.32 Å². The monoisotopic (exact) mass is 312 g/mol. The molecule has 1 aromatic heterocycles. The first-order valence-electron chi connectivity index (χ1n) is 5.96. The molecule has 0 fully saturated rings. The molecule has 1 N–H and O–H groups in total. The molecule has 7 heteroatoms. The summed E-state index contributed by atoms with van der Waals surface area (Å²) in [6.45, 7) is 1.86. The van der Waals surface area contributed by atoms with Crippen molar-refractivity contribution in [2.24, 2.45) is 0 Å². The van der Waals surface area contributed by atoms with Crippen LogP contribution in [0.2, 0.25) is 5.02 Å².